The number of nitrogens with one attached hydrogen (secondary N) is 1. The molecule has 1 saturated heterocycles. The highest BCUT2D eigenvalue weighted by Crippen LogP contribution is 2.26. The number of allylic oxidation sites excluding steroid dienone is 1. The van der Waals surface area contributed by atoms with Gasteiger partial charge < -0.3 is 5.32 Å². The number of piperidine rings is 1. The topological polar surface area (TPSA) is 59.8 Å². The lowest BCUT2D eigenvalue weighted by atomic mass is 10.0. The van der Waals surface area contributed by atoms with E-state index in [0.717, 1.165) is 16.8 Å². The third kappa shape index (κ3) is 2.22. The van der Waals surface area contributed by atoms with Gasteiger partial charge in [0.15, 0.2) is 0 Å². The van der Waals surface area contributed by atoms with Crippen molar-refractivity contribution in [1.82, 2.24) is 20.3 Å². The van der Waals surface area contributed by atoms with Gasteiger partial charge in [0, 0.05) is 17.7 Å². The van der Waals surface area contributed by atoms with Crippen molar-refractivity contribution in [2.24, 2.45) is 0 Å². The molecule has 20 heavy (non-hydrogen) atoms. The van der Waals surface area contributed by atoms with Gasteiger partial charge in [-0.15, -0.1) is 5.10 Å². The fourth-order valence-electron chi connectivity index (χ4n) is 2.47. The van der Waals surface area contributed by atoms with Gasteiger partial charge in [0.1, 0.15) is 5.69 Å². The van der Waals surface area contributed by atoms with Gasteiger partial charge >= 0.3 is 0 Å². The Bertz CT molecular complexity index is 674. The number of carbonyl (C=O) groups excluding carboxylic acids is 1. The van der Waals surface area contributed by atoms with E-state index < -0.39 is 0 Å². The van der Waals surface area contributed by atoms with Crippen LogP contribution in [-0.4, -0.2) is 20.9 Å². The van der Waals surface area contributed by atoms with Gasteiger partial charge in [-0.1, -0.05) is 36.1 Å². The van der Waals surface area contributed by atoms with Crippen molar-refractivity contribution in [3.8, 4) is 11.3 Å². The quantitative estimate of drug-likeness (QED) is 0.908. The highest BCUT2D eigenvalue weighted by Gasteiger charge is 2.24. The molecular formula is C15H16N4O. The largest absolute Gasteiger partial charge is 0.328 e. The summed E-state index contributed by atoms with van der Waals surface area (Å²) in [6.45, 7) is 5.95. The SMILES string of the molecule is C=C1NC(=O)CCC1n1cc(-c2ccccc2C)nn1. The van der Waals surface area contributed by atoms with Crippen LogP contribution >= 0.6 is 0 Å². The number of rotatable bonds is 2. The van der Waals surface area contributed by atoms with E-state index in [9.17, 15) is 4.79 Å². The first kappa shape index (κ1) is 12.6. The number of nitrogens with zero attached hydrogens (tertiary/aromatic N) is 3. The second-order valence-corrected chi connectivity index (χ2v) is 5.03. The number of aryl methyl sites for hydroxylation is 1. The summed E-state index contributed by atoms with van der Waals surface area (Å²) in [6, 6.07) is 8.05. The molecule has 0 spiro atoms. The van der Waals surface area contributed by atoms with Crippen LogP contribution in [0, 0.1) is 6.92 Å². The summed E-state index contributed by atoms with van der Waals surface area (Å²) in [4.78, 5) is 11.3. The first-order valence-corrected chi connectivity index (χ1v) is 6.61. The second-order valence-electron chi connectivity index (χ2n) is 5.03. The van der Waals surface area contributed by atoms with Crippen LogP contribution in [0.2, 0.25) is 0 Å². The third-order valence-electron chi connectivity index (χ3n) is 3.60. The van der Waals surface area contributed by atoms with Crippen LogP contribution in [0.4, 0.5) is 0 Å². The highest BCUT2D eigenvalue weighted by molar-refractivity contribution is 5.79. The van der Waals surface area contributed by atoms with Crippen molar-refractivity contribution in [1.29, 1.82) is 0 Å². The average molecular weight is 268 g/mol. The average Bonchev–Trinajstić information content (AvgIpc) is 2.88. The van der Waals surface area contributed by atoms with Crippen molar-refractivity contribution in [2.75, 3.05) is 0 Å². The molecule has 1 aromatic heterocycles. The van der Waals surface area contributed by atoms with Gasteiger partial charge in [0.05, 0.1) is 12.2 Å². The molecule has 2 heterocycles. The molecule has 1 aliphatic rings. The number of benzene rings is 1. The monoisotopic (exact) mass is 268 g/mol. The minimum absolute atomic E-state index is 0.0158. The predicted octanol–water partition coefficient (Wildman–Crippen LogP) is 2.22. The van der Waals surface area contributed by atoms with E-state index in [-0.39, 0.29) is 11.9 Å². The Morgan fingerprint density at radius 1 is 1.40 bits per heavy atom. The maximum Gasteiger partial charge on any atom is 0.224 e. The molecule has 3 rings (SSSR count). The van der Waals surface area contributed by atoms with E-state index in [4.69, 9.17) is 0 Å². The molecule has 1 fully saturated rings. The zero-order valence-electron chi connectivity index (χ0n) is 11.3. The van der Waals surface area contributed by atoms with Crippen molar-refractivity contribution < 1.29 is 4.79 Å². The molecule has 1 aliphatic heterocycles. The van der Waals surface area contributed by atoms with E-state index in [1.165, 1.54) is 0 Å². The fourth-order valence-corrected chi connectivity index (χ4v) is 2.47. The van der Waals surface area contributed by atoms with Gasteiger partial charge in [-0.25, -0.2) is 4.68 Å². The zero-order valence-corrected chi connectivity index (χ0v) is 11.3. The molecule has 1 atom stereocenters. The molecule has 0 saturated carbocycles. The van der Waals surface area contributed by atoms with E-state index >= 15 is 0 Å². The maximum absolute atomic E-state index is 11.3. The maximum atomic E-state index is 11.3. The molecular weight excluding hydrogens is 252 g/mol. The predicted molar refractivity (Wildman–Crippen MR) is 75.7 cm³/mol. The molecule has 0 aliphatic carbocycles. The van der Waals surface area contributed by atoms with Crippen LogP contribution in [-0.2, 0) is 4.79 Å². The Hall–Kier alpha value is -2.43. The first-order valence-electron chi connectivity index (χ1n) is 6.61. The molecule has 5 heteroatoms. The number of carbonyl (C=O) groups is 1. The summed E-state index contributed by atoms with van der Waals surface area (Å²) in [5, 5.41) is 11.2. The molecule has 1 amide bonds. The van der Waals surface area contributed by atoms with E-state index in [1.807, 2.05) is 37.4 Å². The summed E-state index contributed by atoms with van der Waals surface area (Å²) >= 11 is 0. The van der Waals surface area contributed by atoms with Gasteiger partial charge in [-0.2, -0.15) is 0 Å². The molecule has 0 radical (unpaired) electrons. The Labute approximate surface area is 117 Å². The van der Waals surface area contributed by atoms with E-state index in [2.05, 4.69) is 22.2 Å². The van der Waals surface area contributed by atoms with Crippen LogP contribution in [0.1, 0.15) is 24.4 Å². The van der Waals surface area contributed by atoms with Gasteiger partial charge in [-0.05, 0) is 18.9 Å². The normalized spacial score (nSPS) is 18.9. The van der Waals surface area contributed by atoms with Crippen molar-refractivity contribution >= 4 is 5.91 Å². The first-order chi connectivity index (χ1) is 9.65. The zero-order chi connectivity index (χ0) is 14.1. The Kier molecular flexibility index (Phi) is 3.10. The van der Waals surface area contributed by atoms with E-state index in [0.29, 0.717) is 18.5 Å². The summed E-state index contributed by atoms with van der Waals surface area (Å²) in [7, 11) is 0. The van der Waals surface area contributed by atoms with Crippen molar-refractivity contribution in [3.63, 3.8) is 0 Å². The minimum atomic E-state index is -0.0158. The summed E-state index contributed by atoms with van der Waals surface area (Å²) in [5.74, 6) is 0.0190. The minimum Gasteiger partial charge on any atom is -0.328 e. The van der Waals surface area contributed by atoms with E-state index in [1.54, 1.807) is 4.68 Å². The number of hydrogen-bond donors (Lipinski definition) is 1. The van der Waals surface area contributed by atoms with Crippen molar-refractivity contribution in [3.05, 3.63) is 48.3 Å². The molecule has 5 nitrogen and oxygen atoms in total. The van der Waals surface area contributed by atoms with Crippen LogP contribution in [0.25, 0.3) is 11.3 Å². The second kappa shape index (κ2) is 4.92. The van der Waals surface area contributed by atoms with Gasteiger partial charge in [-0.3, -0.25) is 4.79 Å². The number of aromatic nitrogens is 3. The summed E-state index contributed by atoms with van der Waals surface area (Å²) < 4.78 is 1.78. The molecule has 0 bridgehead atoms. The van der Waals surface area contributed by atoms with Gasteiger partial charge in [0.2, 0.25) is 5.91 Å². The number of hydrogen-bond acceptors (Lipinski definition) is 3. The lowest BCUT2D eigenvalue weighted by Gasteiger charge is -2.24. The smallest absolute Gasteiger partial charge is 0.224 e. The summed E-state index contributed by atoms with van der Waals surface area (Å²) in [5.41, 5.74) is 3.76. The molecule has 2 aromatic rings. The molecule has 1 aromatic carbocycles. The summed E-state index contributed by atoms with van der Waals surface area (Å²) in [6.07, 6.45) is 3.11. The van der Waals surface area contributed by atoms with Crippen LogP contribution in [0.5, 0.6) is 0 Å². The lowest BCUT2D eigenvalue weighted by molar-refractivity contribution is -0.121. The molecule has 1 N–H and O–H groups in total. The standard InChI is InChI=1S/C15H16N4O/c1-10-5-3-4-6-12(10)13-9-19(18-17-13)14-7-8-15(20)16-11(14)2/h3-6,9,14H,2,7-8H2,1H3,(H,16,20). The molecule has 1 unspecified atom stereocenters. The lowest BCUT2D eigenvalue weighted by Crippen LogP contribution is -2.33. The van der Waals surface area contributed by atoms with Crippen LogP contribution in [0.3, 0.4) is 0 Å². The van der Waals surface area contributed by atoms with Crippen molar-refractivity contribution in [2.45, 2.75) is 25.8 Å². The van der Waals surface area contributed by atoms with Crippen LogP contribution < -0.4 is 5.32 Å². The van der Waals surface area contributed by atoms with Gasteiger partial charge in [0.25, 0.3) is 0 Å². The number of amides is 1. The molecule has 102 valence electrons. The highest BCUT2D eigenvalue weighted by atomic mass is 16.1. The third-order valence-corrected chi connectivity index (χ3v) is 3.60. The Balaban J connectivity index is 1.89. The Morgan fingerprint density at radius 2 is 2.20 bits per heavy atom. The fraction of sp³-hybridized carbons (Fsp3) is 0.267. The van der Waals surface area contributed by atoms with Crippen LogP contribution in [0.15, 0.2) is 42.7 Å². The Morgan fingerprint density at radius 3 is 2.95 bits per heavy atom.